The molecule has 1 aliphatic rings. The average Bonchev–Trinajstić information content (AvgIpc) is 2.49. The van der Waals surface area contributed by atoms with Gasteiger partial charge in [-0.1, -0.05) is 12.1 Å². The highest BCUT2D eigenvalue weighted by molar-refractivity contribution is 6.39. The number of nitrogens with two attached hydrogens (primary N) is 1. The number of carbonyl (C=O) groups is 3. The van der Waals surface area contributed by atoms with Crippen molar-refractivity contribution in [2.75, 3.05) is 18.4 Å². The number of hydrogen-bond donors (Lipinski definition) is 2. The number of halogens is 1. The number of piperidine rings is 1. The Morgan fingerprint density at radius 2 is 1.81 bits per heavy atom. The summed E-state index contributed by atoms with van der Waals surface area (Å²) in [5.74, 6) is -2.88. The molecule has 0 aliphatic carbocycles. The summed E-state index contributed by atoms with van der Waals surface area (Å²) in [5, 5.41) is 2.24. The van der Waals surface area contributed by atoms with Gasteiger partial charge in [-0.05, 0) is 25.0 Å². The van der Waals surface area contributed by atoms with Gasteiger partial charge in [-0.15, -0.1) is 0 Å². The smallest absolute Gasteiger partial charge is 0.313 e. The van der Waals surface area contributed by atoms with Crippen molar-refractivity contribution in [2.45, 2.75) is 12.8 Å². The topological polar surface area (TPSA) is 92.5 Å². The van der Waals surface area contributed by atoms with Crippen LogP contribution in [0.4, 0.5) is 10.1 Å². The highest BCUT2D eigenvalue weighted by Gasteiger charge is 2.29. The quantitative estimate of drug-likeness (QED) is 0.777. The molecule has 0 aromatic heterocycles. The van der Waals surface area contributed by atoms with E-state index in [2.05, 4.69) is 5.32 Å². The molecule has 0 spiro atoms. The molecule has 1 aromatic rings. The van der Waals surface area contributed by atoms with Crippen molar-refractivity contribution in [3.05, 3.63) is 30.1 Å². The predicted molar refractivity (Wildman–Crippen MR) is 73.5 cm³/mol. The number of carbonyl (C=O) groups excluding carboxylic acids is 3. The van der Waals surface area contributed by atoms with Crippen molar-refractivity contribution in [3.8, 4) is 0 Å². The van der Waals surface area contributed by atoms with Crippen molar-refractivity contribution in [3.63, 3.8) is 0 Å². The third-order valence-electron chi connectivity index (χ3n) is 3.50. The molecule has 0 saturated carbocycles. The highest BCUT2D eigenvalue weighted by atomic mass is 19.1. The summed E-state index contributed by atoms with van der Waals surface area (Å²) in [7, 11) is 0. The minimum absolute atomic E-state index is 0.0390. The summed E-state index contributed by atoms with van der Waals surface area (Å²) >= 11 is 0. The molecule has 1 saturated heterocycles. The molecule has 3 amide bonds. The van der Waals surface area contributed by atoms with Crippen LogP contribution in [-0.2, 0) is 14.4 Å². The number of nitrogens with one attached hydrogen (secondary N) is 1. The number of anilines is 1. The number of hydrogen-bond acceptors (Lipinski definition) is 3. The van der Waals surface area contributed by atoms with Crippen LogP contribution in [0.3, 0.4) is 0 Å². The third kappa shape index (κ3) is 3.56. The lowest BCUT2D eigenvalue weighted by Gasteiger charge is -2.29. The normalized spacial score (nSPS) is 15.6. The lowest BCUT2D eigenvalue weighted by Crippen LogP contribution is -2.46. The van der Waals surface area contributed by atoms with Gasteiger partial charge < -0.3 is 16.0 Å². The Bertz CT molecular complexity index is 568. The average molecular weight is 293 g/mol. The summed E-state index contributed by atoms with van der Waals surface area (Å²) in [5.41, 5.74) is 5.17. The first kappa shape index (κ1) is 15.0. The molecule has 2 rings (SSSR count). The van der Waals surface area contributed by atoms with Gasteiger partial charge in [-0.2, -0.15) is 0 Å². The van der Waals surface area contributed by atoms with Crippen LogP contribution in [0.5, 0.6) is 0 Å². The lowest BCUT2D eigenvalue weighted by atomic mass is 9.96. The first-order valence-electron chi connectivity index (χ1n) is 6.63. The molecular weight excluding hydrogens is 277 g/mol. The van der Waals surface area contributed by atoms with E-state index in [1.54, 1.807) is 6.07 Å². The van der Waals surface area contributed by atoms with Gasteiger partial charge in [0.05, 0.1) is 5.69 Å². The van der Waals surface area contributed by atoms with E-state index in [9.17, 15) is 18.8 Å². The minimum Gasteiger partial charge on any atom is -0.369 e. The van der Waals surface area contributed by atoms with Gasteiger partial charge >= 0.3 is 11.8 Å². The highest BCUT2D eigenvalue weighted by Crippen LogP contribution is 2.17. The van der Waals surface area contributed by atoms with Gasteiger partial charge in [0.2, 0.25) is 5.91 Å². The van der Waals surface area contributed by atoms with E-state index in [-0.39, 0.29) is 24.7 Å². The van der Waals surface area contributed by atoms with E-state index in [0.717, 1.165) is 0 Å². The monoisotopic (exact) mass is 293 g/mol. The van der Waals surface area contributed by atoms with Crippen LogP contribution in [0.25, 0.3) is 0 Å². The second kappa shape index (κ2) is 6.34. The summed E-state index contributed by atoms with van der Waals surface area (Å²) < 4.78 is 13.4. The number of rotatable bonds is 2. The summed E-state index contributed by atoms with van der Waals surface area (Å²) in [6.45, 7) is 0.578. The molecule has 21 heavy (non-hydrogen) atoms. The number of amides is 3. The summed E-state index contributed by atoms with van der Waals surface area (Å²) in [4.78, 5) is 36.2. The van der Waals surface area contributed by atoms with Crippen LogP contribution in [0, 0.1) is 11.7 Å². The van der Waals surface area contributed by atoms with Crippen molar-refractivity contribution in [1.29, 1.82) is 0 Å². The SMILES string of the molecule is NC(=O)C1CCN(C(=O)C(=O)Nc2ccccc2F)CC1. The zero-order valence-electron chi connectivity index (χ0n) is 11.3. The number of nitrogens with zero attached hydrogens (tertiary/aromatic N) is 1. The van der Waals surface area contributed by atoms with Crippen molar-refractivity contribution in [1.82, 2.24) is 4.90 Å². The maximum Gasteiger partial charge on any atom is 0.313 e. The summed E-state index contributed by atoms with van der Waals surface area (Å²) in [6, 6.07) is 5.61. The van der Waals surface area contributed by atoms with E-state index in [4.69, 9.17) is 5.73 Å². The van der Waals surface area contributed by atoms with E-state index in [1.165, 1.54) is 23.1 Å². The van der Waals surface area contributed by atoms with Crippen molar-refractivity contribution in [2.24, 2.45) is 11.7 Å². The molecule has 1 aliphatic heterocycles. The van der Waals surface area contributed by atoms with Crippen molar-refractivity contribution < 1.29 is 18.8 Å². The Kier molecular flexibility index (Phi) is 4.52. The van der Waals surface area contributed by atoms with Crippen LogP contribution >= 0.6 is 0 Å². The summed E-state index contributed by atoms with van der Waals surface area (Å²) in [6.07, 6.45) is 0.877. The van der Waals surface area contributed by atoms with Crippen LogP contribution in [-0.4, -0.2) is 35.7 Å². The lowest BCUT2D eigenvalue weighted by molar-refractivity contribution is -0.144. The van der Waals surface area contributed by atoms with Gasteiger partial charge in [0, 0.05) is 19.0 Å². The van der Waals surface area contributed by atoms with E-state index in [0.29, 0.717) is 12.8 Å². The maximum absolute atomic E-state index is 13.4. The third-order valence-corrected chi connectivity index (χ3v) is 3.50. The number of para-hydroxylation sites is 1. The number of primary amides is 1. The molecule has 0 radical (unpaired) electrons. The zero-order chi connectivity index (χ0) is 15.4. The van der Waals surface area contributed by atoms with E-state index in [1.807, 2.05) is 0 Å². The van der Waals surface area contributed by atoms with Gasteiger partial charge in [-0.25, -0.2) is 4.39 Å². The van der Waals surface area contributed by atoms with Crippen LogP contribution in [0.1, 0.15) is 12.8 Å². The molecule has 1 aromatic carbocycles. The number of benzene rings is 1. The van der Waals surface area contributed by atoms with E-state index >= 15 is 0 Å². The van der Waals surface area contributed by atoms with Crippen LogP contribution in [0.15, 0.2) is 24.3 Å². The Labute approximate surface area is 121 Å². The van der Waals surface area contributed by atoms with Crippen molar-refractivity contribution >= 4 is 23.4 Å². The molecule has 112 valence electrons. The Balaban J connectivity index is 1.93. The standard InChI is InChI=1S/C14H16FN3O3/c15-10-3-1-2-4-11(10)17-13(20)14(21)18-7-5-9(6-8-18)12(16)19/h1-4,9H,5-8H2,(H2,16,19)(H,17,20). The second-order valence-electron chi connectivity index (χ2n) is 4.90. The van der Waals surface area contributed by atoms with Gasteiger partial charge in [0.25, 0.3) is 0 Å². The fourth-order valence-corrected chi connectivity index (χ4v) is 2.25. The largest absolute Gasteiger partial charge is 0.369 e. The molecule has 7 heteroatoms. The fourth-order valence-electron chi connectivity index (χ4n) is 2.25. The molecule has 0 bridgehead atoms. The fraction of sp³-hybridized carbons (Fsp3) is 0.357. The minimum atomic E-state index is -0.891. The van der Waals surface area contributed by atoms with Gasteiger partial charge in [-0.3, -0.25) is 14.4 Å². The maximum atomic E-state index is 13.4. The van der Waals surface area contributed by atoms with Gasteiger partial charge in [0.15, 0.2) is 0 Å². The predicted octanol–water partition coefficient (Wildman–Crippen LogP) is 0.488. The van der Waals surface area contributed by atoms with Crippen LogP contribution in [0.2, 0.25) is 0 Å². The first-order chi connectivity index (χ1) is 9.99. The molecule has 0 unspecified atom stereocenters. The second-order valence-corrected chi connectivity index (χ2v) is 4.90. The Morgan fingerprint density at radius 3 is 2.38 bits per heavy atom. The molecule has 1 heterocycles. The first-order valence-corrected chi connectivity index (χ1v) is 6.63. The molecule has 3 N–H and O–H groups in total. The van der Waals surface area contributed by atoms with Gasteiger partial charge in [0.1, 0.15) is 5.82 Å². The molecular formula is C14H16FN3O3. The number of likely N-dealkylation sites (tertiary alicyclic amines) is 1. The van der Waals surface area contributed by atoms with Crippen LogP contribution < -0.4 is 11.1 Å². The van der Waals surface area contributed by atoms with E-state index < -0.39 is 23.5 Å². The Hall–Kier alpha value is -2.44. The molecule has 1 fully saturated rings. The Morgan fingerprint density at radius 1 is 1.19 bits per heavy atom. The molecule has 6 nitrogen and oxygen atoms in total. The zero-order valence-corrected chi connectivity index (χ0v) is 11.3. The molecule has 0 atom stereocenters.